The first-order valence-electron chi connectivity index (χ1n) is 25.0. The maximum Gasteiger partial charge on any atom is 0.250 e. The molecule has 336 valence electrons. The van der Waals surface area contributed by atoms with Gasteiger partial charge in [-0.15, -0.1) is 0 Å². The van der Waals surface area contributed by atoms with Crippen molar-refractivity contribution in [1.82, 2.24) is 24.1 Å². The Morgan fingerprint density at radius 2 is 0.726 bits per heavy atom. The molecule has 0 amide bonds. The topological polar surface area (TPSA) is 67.0 Å². The van der Waals surface area contributed by atoms with E-state index in [0.29, 0.717) is 17.7 Å². The number of fused-ring (bicyclic) bond motifs is 18. The zero-order valence-corrected chi connectivity index (χ0v) is 40.1. The van der Waals surface area contributed by atoms with Gasteiger partial charge in [0.15, 0.2) is 13.9 Å². The molecule has 1 spiro atoms. The second-order valence-electron chi connectivity index (χ2n) is 19.7. The fraction of sp³-hybridized carbons (Fsp3) is 0. The molecular formula is C63H37B2N5O2Si. The van der Waals surface area contributed by atoms with Crippen LogP contribution in [0.2, 0.25) is 0 Å². The van der Waals surface area contributed by atoms with Crippen molar-refractivity contribution >= 4 is 119 Å². The molecule has 3 aromatic heterocycles. The molecule has 0 saturated carbocycles. The van der Waals surface area contributed by atoms with Crippen molar-refractivity contribution in [1.29, 1.82) is 0 Å². The van der Waals surface area contributed by atoms with Crippen LogP contribution in [0.25, 0.3) is 66.9 Å². The molecule has 1 atom stereocenters. The molecule has 7 heterocycles. The molecule has 0 radical (unpaired) electrons. The van der Waals surface area contributed by atoms with Gasteiger partial charge in [-0.3, -0.25) is 9.13 Å². The zero-order chi connectivity index (χ0) is 47.5. The molecule has 10 aromatic carbocycles. The van der Waals surface area contributed by atoms with Crippen LogP contribution in [0.3, 0.4) is 0 Å². The number of hydrogen-bond acceptors (Lipinski definition) is 5. The van der Waals surface area contributed by atoms with Gasteiger partial charge in [-0.1, -0.05) is 187 Å². The summed E-state index contributed by atoms with van der Waals surface area (Å²) in [5, 5.41) is 10.1. The smallest absolute Gasteiger partial charge is 0.250 e. The van der Waals surface area contributed by atoms with E-state index in [1.165, 1.54) is 48.1 Å². The fourth-order valence-electron chi connectivity index (χ4n) is 13.5. The van der Waals surface area contributed by atoms with Crippen molar-refractivity contribution < 1.29 is 9.47 Å². The van der Waals surface area contributed by atoms with E-state index >= 15 is 0 Å². The number of aromatic nitrogens is 5. The van der Waals surface area contributed by atoms with Gasteiger partial charge in [0.1, 0.15) is 23.0 Å². The van der Waals surface area contributed by atoms with Crippen LogP contribution < -0.4 is 63.0 Å². The third-order valence-corrected chi connectivity index (χ3v) is 21.3. The molecule has 0 N–H and O–H groups in total. The van der Waals surface area contributed by atoms with E-state index < -0.39 is 8.07 Å². The molecule has 0 aliphatic carbocycles. The van der Waals surface area contributed by atoms with Crippen molar-refractivity contribution in [3.05, 3.63) is 224 Å². The monoisotopic (exact) mass is 945 g/mol. The Morgan fingerprint density at radius 1 is 0.329 bits per heavy atom. The van der Waals surface area contributed by atoms with E-state index in [1.807, 2.05) is 0 Å². The van der Waals surface area contributed by atoms with E-state index in [-0.39, 0.29) is 13.4 Å². The van der Waals surface area contributed by atoms with Gasteiger partial charge in [0.25, 0.3) is 13.4 Å². The predicted molar refractivity (Wildman–Crippen MR) is 300 cm³/mol. The van der Waals surface area contributed by atoms with Crippen LogP contribution in [-0.2, 0) is 0 Å². The van der Waals surface area contributed by atoms with Crippen molar-refractivity contribution in [3.63, 3.8) is 0 Å². The highest BCUT2D eigenvalue weighted by atomic mass is 28.3. The molecular weight excluding hydrogens is 908 g/mol. The van der Waals surface area contributed by atoms with E-state index in [4.69, 9.17) is 24.4 Å². The van der Waals surface area contributed by atoms with Crippen LogP contribution in [0, 0.1) is 0 Å². The van der Waals surface area contributed by atoms with Crippen LogP contribution in [-0.4, -0.2) is 45.6 Å². The summed E-state index contributed by atoms with van der Waals surface area (Å²) in [5.74, 6) is 5.18. The van der Waals surface area contributed by atoms with Crippen LogP contribution in [0.1, 0.15) is 0 Å². The molecule has 0 fully saturated rings. The van der Waals surface area contributed by atoms with Crippen molar-refractivity contribution in [2.75, 3.05) is 0 Å². The minimum absolute atomic E-state index is 0.0617. The summed E-state index contributed by atoms with van der Waals surface area (Å²) in [7, 11) is -3.01. The Morgan fingerprint density at radius 3 is 1.25 bits per heavy atom. The van der Waals surface area contributed by atoms with Crippen molar-refractivity contribution in [2.45, 2.75) is 0 Å². The number of nitrogens with zero attached hydrogens (tertiary/aromatic N) is 5. The summed E-state index contributed by atoms with van der Waals surface area (Å²) in [5.41, 5.74) is 12.5. The first-order chi connectivity index (χ1) is 36.2. The maximum absolute atomic E-state index is 7.29. The Kier molecular flexibility index (Phi) is 7.81. The van der Waals surface area contributed by atoms with Gasteiger partial charge in [-0.2, -0.15) is 15.0 Å². The molecule has 73 heavy (non-hydrogen) atoms. The highest BCUT2D eigenvalue weighted by Crippen LogP contribution is 2.36. The minimum atomic E-state index is -3.01. The summed E-state index contributed by atoms with van der Waals surface area (Å²) < 4.78 is 18.5. The first-order valence-corrected chi connectivity index (χ1v) is 27.0. The first kappa shape index (κ1) is 39.5. The van der Waals surface area contributed by atoms with E-state index in [0.717, 1.165) is 77.6 Å². The molecule has 1 unspecified atom stereocenters. The third kappa shape index (κ3) is 5.12. The molecule has 10 heteroatoms. The fourth-order valence-corrected chi connectivity index (χ4v) is 19.3. The van der Waals surface area contributed by atoms with Gasteiger partial charge in [0.2, 0.25) is 11.9 Å². The van der Waals surface area contributed by atoms with Crippen LogP contribution >= 0.6 is 0 Å². The van der Waals surface area contributed by atoms with Gasteiger partial charge in [0, 0.05) is 27.1 Å². The van der Waals surface area contributed by atoms with Crippen LogP contribution in [0.5, 0.6) is 23.0 Å². The normalized spacial score (nSPS) is 15.3. The molecule has 0 saturated heterocycles. The van der Waals surface area contributed by atoms with Gasteiger partial charge >= 0.3 is 0 Å². The Labute approximate surface area is 420 Å². The van der Waals surface area contributed by atoms with E-state index in [1.54, 1.807) is 0 Å². The van der Waals surface area contributed by atoms with Gasteiger partial charge in [0.05, 0.1) is 22.1 Å². The van der Waals surface area contributed by atoms with Gasteiger partial charge in [-0.05, 0) is 91.1 Å². The summed E-state index contributed by atoms with van der Waals surface area (Å²) >= 11 is 0. The number of ether oxygens (including phenoxy) is 2. The summed E-state index contributed by atoms with van der Waals surface area (Å²) in [6.45, 7) is -0.00828. The lowest BCUT2D eigenvalue weighted by atomic mass is 9.35. The van der Waals surface area contributed by atoms with E-state index in [9.17, 15) is 0 Å². The van der Waals surface area contributed by atoms with Gasteiger partial charge < -0.3 is 9.47 Å². The van der Waals surface area contributed by atoms with Gasteiger partial charge in [-0.25, -0.2) is 0 Å². The average molecular weight is 946 g/mol. The summed E-state index contributed by atoms with van der Waals surface area (Å²) in [6, 6.07) is 81.2. The molecule has 17 rings (SSSR count). The zero-order valence-electron chi connectivity index (χ0n) is 39.1. The summed E-state index contributed by atoms with van der Waals surface area (Å²) in [4.78, 5) is 16.2. The second-order valence-corrected chi connectivity index (χ2v) is 23.4. The second kappa shape index (κ2) is 14.4. The quantitative estimate of drug-likeness (QED) is 0.179. The highest BCUT2D eigenvalue weighted by molar-refractivity contribution is 7.31. The highest BCUT2D eigenvalue weighted by Gasteiger charge is 2.58. The van der Waals surface area contributed by atoms with Crippen LogP contribution in [0.4, 0.5) is 0 Å². The molecule has 0 bridgehead atoms. The van der Waals surface area contributed by atoms with Crippen molar-refractivity contribution in [2.24, 2.45) is 0 Å². The Bertz CT molecular complexity index is 4350. The minimum Gasteiger partial charge on any atom is -0.458 e. The lowest BCUT2D eigenvalue weighted by Crippen LogP contribution is -2.93. The third-order valence-electron chi connectivity index (χ3n) is 16.3. The molecule has 4 aliphatic heterocycles. The predicted octanol–water partition coefficient (Wildman–Crippen LogP) is 6.98. The standard InChI is InChI=1S/C63H37B2N5O2Si/c1-8-24-47-39(17-1)40-18-2-9-25-48(40)69(47)62-66-61(67-63(68-62)70-49-26-10-3-19-41(49)42-20-4-11-27-50(42)70)38-35-36-44-54(37-38)72-53-30-16-34-58-60(53)65(44)46-23-7-14-32-56(46)73(58)55-31-13-6-22-45(55)64-43-21-5-12-28-51(43)71-52-29-15-33-57(73)59(52)64/h1-37H. The largest absolute Gasteiger partial charge is 0.458 e. The van der Waals surface area contributed by atoms with Crippen LogP contribution in [0.15, 0.2) is 224 Å². The number of benzene rings is 10. The number of hydrogen-bond donors (Lipinski definition) is 0. The van der Waals surface area contributed by atoms with Crippen molar-refractivity contribution in [3.8, 4) is 46.3 Å². The maximum atomic E-state index is 7.29. The lowest BCUT2D eigenvalue weighted by molar-refractivity contribution is 0.488. The summed E-state index contributed by atoms with van der Waals surface area (Å²) in [6.07, 6.45) is 0. The molecule has 4 aliphatic rings. The Hall–Kier alpha value is -9.24. The molecule has 13 aromatic rings. The SMILES string of the molecule is c1ccc2c(c1)Oc1cccc3c1B2c1ccccc1[Si]31c2ccccc2B2c3ccc(-c4nc(-n5c6ccccc6c6ccccc65)nc(-n5c6ccccc6c6ccccc65)n4)cc3Oc3cccc1c32. The Balaban J connectivity index is 0.885. The lowest BCUT2D eigenvalue weighted by Gasteiger charge is -2.49. The molecule has 7 nitrogen and oxygen atoms in total. The number of para-hydroxylation sites is 5. The average Bonchev–Trinajstić information content (AvgIpc) is 3.98. The van der Waals surface area contributed by atoms with E-state index in [2.05, 4.69) is 234 Å². The number of rotatable bonds is 3.